The lowest BCUT2D eigenvalue weighted by Crippen LogP contribution is -2.47. The summed E-state index contributed by atoms with van der Waals surface area (Å²) in [7, 11) is 3.09. The van der Waals surface area contributed by atoms with Crippen LogP contribution in [0.25, 0.3) is 6.08 Å². The van der Waals surface area contributed by atoms with Crippen LogP contribution in [0.15, 0.2) is 109 Å². The highest BCUT2D eigenvalue weighted by Gasteiger charge is 2.20. The molecule has 296 valence electrons. The molecular weight excluding hydrogens is 740 g/mol. The van der Waals surface area contributed by atoms with E-state index in [0.29, 0.717) is 66.7 Å². The van der Waals surface area contributed by atoms with Crippen molar-refractivity contribution in [3.8, 4) is 40.7 Å². The fourth-order valence-corrected chi connectivity index (χ4v) is 6.28. The Morgan fingerprint density at radius 3 is 2.14 bits per heavy atom. The first-order chi connectivity index (χ1) is 27.3. The van der Waals surface area contributed by atoms with Crippen LogP contribution in [0.5, 0.6) is 34.6 Å². The Labute approximate surface area is 341 Å². The summed E-state index contributed by atoms with van der Waals surface area (Å²) in [6.07, 6.45) is 5.78. The Hall–Kier alpha value is -6.02. The van der Waals surface area contributed by atoms with Crippen LogP contribution < -0.4 is 23.7 Å². The average molecular weight is 789 g/mol. The molecule has 0 spiro atoms. The van der Waals surface area contributed by atoms with Gasteiger partial charge in [-0.3, -0.25) is 9.69 Å². The molecule has 0 radical (unpaired) electrons. The quantitative estimate of drug-likeness (QED) is 0.0907. The third-order valence-electron chi connectivity index (χ3n) is 9.60. The monoisotopic (exact) mass is 788 g/mol. The highest BCUT2D eigenvalue weighted by Crippen LogP contribution is 2.41. The van der Waals surface area contributed by atoms with Crippen molar-refractivity contribution >= 4 is 24.4 Å². The predicted octanol–water partition coefficient (Wildman–Crippen LogP) is 8.87. The number of rotatable bonds is 16. The minimum absolute atomic E-state index is 0. The molecule has 57 heavy (non-hydrogen) atoms. The van der Waals surface area contributed by atoms with Gasteiger partial charge in [0.2, 0.25) is 17.5 Å². The second-order valence-electron chi connectivity index (χ2n) is 13.9. The zero-order valence-corrected chi connectivity index (χ0v) is 33.7. The number of methoxy groups -OCH3 is 2. The average Bonchev–Trinajstić information content (AvgIpc) is 3.24. The summed E-state index contributed by atoms with van der Waals surface area (Å²) in [5, 5.41) is 8.98. The maximum Gasteiger partial charge on any atom is 0.246 e. The molecule has 1 amide bonds. The van der Waals surface area contributed by atoms with Gasteiger partial charge in [-0.05, 0) is 82.3 Å². The summed E-state index contributed by atoms with van der Waals surface area (Å²) in [6, 6.07) is 33.4. The van der Waals surface area contributed by atoms with Crippen LogP contribution in [0.4, 0.5) is 0 Å². The predicted molar refractivity (Wildman–Crippen MR) is 224 cm³/mol. The van der Waals surface area contributed by atoms with Gasteiger partial charge in [-0.25, -0.2) is 4.98 Å². The van der Waals surface area contributed by atoms with E-state index in [4.69, 9.17) is 28.9 Å². The molecular formula is C46H49ClN4O6. The van der Waals surface area contributed by atoms with Crippen molar-refractivity contribution < 1.29 is 28.5 Å². The number of carbonyl (C=O) groups excluding carboxylic acids is 1. The molecule has 0 aliphatic carbocycles. The summed E-state index contributed by atoms with van der Waals surface area (Å²) in [6.45, 7) is 9.12. The first kappa shape index (κ1) is 42.1. The molecule has 1 aliphatic heterocycles. The maximum absolute atomic E-state index is 13.2. The largest absolute Gasteiger partial charge is 0.493 e. The molecule has 5 aromatic rings. The number of hydrogen-bond donors (Lipinski definition) is 0. The highest BCUT2D eigenvalue weighted by atomic mass is 35.5. The van der Waals surface area contributed by atoms with Gasteiger partial charge < -0.3 is 28.6 Å². The van der Waals surface area contributed by atoms with E-state index in [2.05, 4.69) is 72.3 Å². The fourth-order valence-electron chi connectivity index (χ4n) is 6.28. The van der Waals surface area contributed by atoms with Crippen LogP contribution in [-0.2, 0) is 24.4 Å². The van der Waals surface area contributed by atoms with E-state index in [1.54, 1.807) is 69.0 Å². The normalized spacial score (nSPS) is 12.8. The second-order valence-corrected chi connectivity index (χ2v) is 13.9. The van der Waals surface area contributed by atoms with E-state index in [0.717, 1.165) is 42.9 Å². The number of benzene rings is 4. The van der Waals surface area contributed by atoms with E-state index in [-0.39, 0.29) is 18.3 Å². The number of nitrogens with zero attached hydrogens (tertiary/aromatic N) is 4. The van der Waals surface area contributed by atoms with Gasteiger partial charge in [-0.15, -0.1) is 12.4 Å². The van der Waals surface area contributed by atoms with Gasteiger partial charge in [0.05, 0.1) is 38.7 Å². The minimum Gasteiger partial charge on any atom is -0.493 e. The lowest BCUT2D eigenvalue weighted by Gasteiger charge is -2.34. The molecule has 1 fully saturated rings. The Kier molecular flexibility index (Phi) is 15.4. The van der Waals surface area contributed by atoms with Gasteiger partial charge in [-0.2, -0.15) is 5.26 Å². The smallest absolute Gasteiger partial charge is 0.246 e. The zero-order chi connectivity index (χ0) is 39.3. The van der Waals surface area contributed by atoms with Crippen LogP contribution in [0.3, 0.4) is 0 Å². The molecule has 0 bridgehead atoms. The summed E-state index contributed by atoms with van der Waals surface area (Å²) in [5.41, 5.74) is 6.06. The lowest BCUT2D eigenvalue weighted by molar-refractivity contribution is -0.127. The fraction of sp³-hybridized carbons (Fsp3) is 0.283. The van der Waals surface area contributed by atoms with E-state index >= 15 is 0 Å². The number of nitriles is 1. The SMILES string of the molecule is COc1cc(C=CC(=O)N2CCN(Cc3ccc(CCOc4cccc(C(C)C)c4)cc3)CC2)cc(OC)c1Oc1ccc(OCc2ccc(C#N)cc2)cn1.Cl. The van der Waals surface area contributed by atoms with Crippen molar-refractivity contribution in [2.45, 2.75) is 39.3 Å². The Balaban J connectivity index is 0.00000620. The van der Waals surface area contributed by atoms with Crippen molar-refractivity contribution in [3.05, 3.63) is 143 Å². The van der Waals surface area contributed by atoms with Crippen molar-refractivity contribution in [3.63, 3.8) is 0 Å². The lowest BCUT2D eigenvalue weighted by atomic mass is 10.0. The summed E-state index contributed by atoms with van der Waals surface area (Å²) >= 11 is 0. The molecule has 0 atom stereocenters. The van der Waals surface area contributed by atoms with Gasteiger partial charge >= 0.3 is 0 Å². The molecule has 10 nitrogen and oxygen atoms in total. The van der Waals surface area contributed by atoms with Gasteiger partial charge in [0.15, 0.2) is 11.5 Å². The maximum atomic E-state index is 13.2. The molecule has 0 saturated carbocycles. The van der Waals surface area contributed by atoms with Crippen molar-refractivity contribution in [1.82, 2.24) is 14.8 Å². The van der Waals surface area contributed by atoms with Crippen LogP contribution in [0.1, 0.15) is 53.1 Å². The summed E-state index contributed by atoms with van der Waals surface area (Å²) < 4.78 is 29.2. The summed E-state index contributed by atoms with van der Waals surface area (Å²) in [5.74, 6) is 3.47. The van der Waals surface area contributed by atoms with Crippen LogP contribution in [0.2, 0.25) is 0 Å². The number of pyridine rings is 1. The number of aromatic nitrogens is 1. The van der Waals surface area contributed by atoms with E-state index in [9.17, 15) is 4.79 Å². The molecule has 0 unspecified atom stereocenters. The molecule has 1 saturated heterocycles. The van der Waals surface area contributed by atoms with Gasteiger partial charge in [0.25, 0.3) is 0 Å². The van der Waals surface area contributed by atoms with Gasteiger partial charge in [0.1, 0.15) is 18.1 Å². The van der Waals surface area contributed by atoms with Gasteiger partial charge in [0, 0.05) is 51.3 Å². The van der Waals surface area contributed by atoms with E-state index < -0.39 is 0 Å². The number of halogens is 1. The van der Waals surface area contributed by atoms with Crippen LogP contribution in [-0.4, -0.2) is 67.7 Å². The molecule has 2 heterocycles. The Morgan fingerprint density at radius 1 is 0.825 bits per heavy atom. The summed E-state index contributed by atoms with van der Waals surface area (Å²) in [4.78, 5) is 21.8. The number of hydrogen-bond acceptors (Lipinski definition) is 9. The van der Waals surface area contributed by atoms with Crippen molar-refractivity contribution in [2.75, 3.05) is 47.0 Å². The van der Waals surface area contributed by atoms with Crippen molar-refractivity contribution in [2.24, 2.45) is 0 Å². The van der Waals surface area contributed by atoms with Crippen LogP contribution >= 0.6 is 12.4 Å². The molecule has 0 N–H and O–H groups in total. The highest BCUT2D eigenvalue weighted by molar-refractivity contribution is 5.92. The molecule has 11 heteroatoms. The zero-order valence-electron chi connectivity index (χ0n) is 32.9. The second kappa shape index (κ2) is 20.8. The number of carbonyl (C=O) groups is 1. The molecule has 1 aliphatic rings. The van der Waals surface area contributed by atoms with Gasteiger partial charge in [-0.1, -0.05) is 62.4 Å². The number of ether oxygens (including phenoxy) is 5. The third-order valence-corrected chi connectivity index (χ3v) is 9.60. The molecule has 1 aromatic heterocycles. The van der Waals surface area contributed by atoms with Crippen molar-refractivity contribution in [1.29, 1.82) is 5.26 Å². The third kappa shape index (κ3) is 12.0. The Morgan fingerprint density at radius 2 is 1.51 bits per heavy atom. The van der Waals surface area contributed by atoms with Crippen LogP contribution in [0, 0.1) is 11.3 Å². The van der Waals surface area contributed by atoms with E-state index in [1.807, 2.05) is 23.1 Å². The number of piperazine rings is 1. The molecule has 6 rings (SSSR count). The minimum atomic E-state index is -0.0453. The molecule has 4 aromatic carbocycles. The van der Waals surface area contributed by atoms with E-state index in [1.165, 1.54) is 16.7 Å². The topological polar surface area (TPSA) is 106 Å². The first-order valence-electron chi connectivity index (χ1n) is 18.8. The Bertz CT molecular complexity index is 2100. The first-order valence-corrected chi connectivity index (χ1v) is 18.8. The standard InChI is InChI=1S/C46H48N4O6.ClH/c1-33(2)39-6-5-7-40(28-39)54-25-20-34-8-12-36(13-9-34)31-49-21-23-50(24-22-49)45(51)19-16-38-26-42(52-3)46(43(27-38)53-4)56-44-18-17-41(30-48-44)55-32-37-14-10-35(29-47)11-15-37;/h5-19,26-28,30,33H,20-25,31-32H2,1-4H3;1H. The number of amides is 1.